The van der Waals surface area contributed by atoms with Gasteiger partial charge in [0.25, 0.3) is 0 Å². The van der Waals surface area contributed by atoms with Gasteiger partial charge < -0.3 is 10.1 Å². The zero-order valence-electron chi connectivity index (χ0n) is 11.2. The van der Waals surface area contributed by atoms with E-state index in [1.54, 1.807) is 7.11 Å². The molecule has 2 unspecified atom stereocenters. The highest BCUT2D eigenvalue weighted by molar-refractivity contribution is 4.78. The number of hydrogen-bond donors (Lipinski definition) is 1. The van der Waals surface area contributed by atoms with Crippen LogP contribution in [0.5, 0.6) is 0 Å². The van der Waals surface area contributed by atoms with Crippen LogP contribution in [-0.4, -0.2) is 50.3 Å². The van der Waals surface area contributed by atoms with Gasteiger partial charge in [0.2, 0.25) is 0 Å². The first kappa shape index (κ1) is 13.9. The zero-order valence-corrected chi connectivity index (χ0v) is 11.2. The van der Waals surface area contributed by atoms with Crippen LogP contribution in [0.4, 0.5) is 0 Å². The van der Waals surface area contributed by atoms with Gasteiger partial charge in [0.15, 0.2) is 0 Å². The summed E-state index contributed by atoms with van der Waals surface area (Å²) < 4.78 is 5.19. The lowest BCUT2D eigenvalue weighted by molar-refractivity contribution is 0.110. The van der Waals surface area contributed by atoms with Crippen molar-refractivity contribution in [2.24, 2.45) is 0 Å². The van der Waals surface area contributed by atoms with Gasteiger partial charge in [-0.05, 0) is 32.7 Å². The molecule has 0 amide bonds. The Labute approximate surface area is 101 Å². The molecule has 0 spiro atoms. The smallest absolute Gasteiger partial charge is 0.0589 e. The van der Waals surface area contributed by atoms with Gasteiger partial charge in [-0.15, -0.1) is 0 Å². The van der Waals surface area contributed by atoms with Crippen molar-refractivity contribution in [3.05, 3.63) is 0 Å². The highest BCUT2D eigenvalue weighted by Gasteiger charge is 2.19. The first-order valence-electron chi connectivity index (χ1n) is 6.74. The Kier molecular flexibility index (Phi) is 7.01. The Morgan fingerprint density at radius 2 is 2.25 bits per heavy atom. The molecule has 1 aliphatic heterocycles. The normalized spacial score (nSPS) is 23.6. The lowest BCUT2D eigenvalue weighted by Gasteiger charge is -2.34. The fourth-order valence-electron chi connectivity index (χ4n) is 2.32. The van der Waals surface area contributed by atoms with Crippen molar-refractivity contribution in [3.63, 3.8) is 0 Å². The van der Waals surface area contributed by atoms with E-state index < -0.39 is 0 Å². The van der Waals surface area contributed by atoms with Crippen molar-refractivity contribution in [3.8, 4) is 0 Å². The van der Waals surface area contributed by atoms with Gasteiger partial charge in [0.05, 0.1) is 6.61 Å². The van der Waals surface area contributed by atoms with Gasteiger partial charge >= 0.3 is 0 Å². The monoisotopic (exact) mass is 228 g/mol. The zero-order chi connectivity index (χ0) is 11.8. The van der Waals surface area contributed by atoms with Gasteiger partial charge in [-0.2, -0.15) is 0 Å². The van der Waals surface area contributed by atoms with Crippen LogP contribution in [0, 0.1) is 0 Å². The molecule has 1 heterocycles. The summed E-state index contributed by atoms with van der Waals surface area (Å²) in [6.07, 6.45) is 5.28. The van der Waals surface area contributed by atoms with E-state index in [2.05, 4.69) is 24.1 Å². The van der Waals surface area contributed by atoms with E-state index in [0.717, 1.165) is 13.2 Å². The summed E-state index contributed by atoms with van der Waals surface area (Å²) in [4.78, 5) is 2.56. The summed E-state index contributed by atoms with van der Waals surface area (Å²) in [5, 5.41) is 3.62. The van der Waals surface area contributed by atoms with Crippen LogP contribution in [0.25, 0.3) is 0 Å². The maximum Gasteiger partial charge on any atom is 0.0589 e. The molecule has 0 aromatic rings. The fourth-order valence-corrected chi connectivity index (χ4v) is 2.32. The maximum absolute atomic E-state index is 5.19. The van der Waals surface area contributed by atoms with Gasteiger partial charge in [-0.25, -0.2) is 0 Å². The number of ether oxygens (including phenoxy) is 1. The summed E-state index contributed by atoms with van der Waals surface area (Å²) in [7, 11) is 1.79. The van der Waals surface area contributed by atoms with Crippen LogP contribution in [0.15, 0.2) is 0 Å². The molecule has 1 N–H and O–H groups in total. The summed E-state index contributed by atoms with van der Waals surface area (Å²) in [5.41, 5.74) is 0. The van der Waals surface area contributed by atoms with Crippen molar-refractivity contribution in [2.75, 3.05) is 33.4 Å². The predicted octanol–water partition coefficient (Wildman–Crippen LogP) is 1.88. The van der Waals surface area contributed by atoms with Crippen LogP contribution < -0.4 is 5.32 Å². The second-order valence-electron chi connectivity index (χ2n) is 4.89. The predicted molar refractivity (Wildman–Crippen MR) is 68.8 cm³/mol. The van der Waals surface area contributed by atoms with Crippen molar-refractivity contribution < 1.29 is 4.74 Å². The Morgan fingerprint density at radius 3 is 2.81 bits per heavy atom. The van der Waals surface area contributed by atoms with E-state index >= 15 is 0 Å². The molecule has 2 atom stereocenters. The molecule has 16 heavy (non-hydrogen) atoms. The standard InChI is InChI=1S/C13H28N2O/c1-4-12(2)15(9-10-16-3)11-13-7-5-6-8-14-13/h12-14H,4-11H2,1-3H3. The van der Waals surface area contributed by atoms with Gasteiger partial charge in [-0.3, -0.25) is 4.90 Å². The molecule has 0 aromatic heterocycles. The third-order valence-electron chi connectivity index (χ3n) is 3.66. The van der Waals surface area contributed by atoms with Gasteiger partial charge in [0.1, 0.15) is 0 Å². The first-order chi connectivity index (χ1) is 7.77. The summed E-state index contributed by atoms with van der Waals surface area (Å²) >= 11 is 0. The molecule has 0 bridgehead atoms. The molecule has 1 aliphatic rings. The molecule has 0 saturated carbocycles. The van der Waals surface area contributed by atoms with E-state index in [-0.39, 0.29) is 0 Å². The number of piperidine rings is 1. The number of hydrogen-bond acceptors (Lipinski definition) is 3. The molecule has 96 valence electrons. The molecule has 1 rings (SSSR count). The quantitative estimate of drug-likeness (QED) is 0.720. The number of nitrogens with one attached hydrogen (secondary N) is 1. The fraction of sp³-hybridized carbons (Fsp3) is 1.00. The number of methoxy groups -OCH3 is 1. The third-order valence-corrected chi connectivity index (χ3v) is 3.66. The molecule has 0 aromatic carbocycles. The van der Waals surface area contributed by atoms with Crippen LogP contribution >= 0.6 is 0 Å². The molecule has 1 fully saturated rings. The largest absolute Gasteiger partial charge is 0.383 e. The number of nitrogens with zero attached hydrogens (tertiary/aromatic N) is 1. The van der Waals surface area contributed by atoms with Crippen LogP contribution in [0.2, 0.25) is 0 Å². The van der Waals surface area contributed by atoms with Crippen molar-refractivity contribution >= 4 is 0 Å². The molecule has 1 saturated heterocycles. The average molecular weight is 228 g/mol. The highest BCUT2D eigenvalue weighted by atomic mass is 16.5. The summed E-state index contributed by atoms with van der Waals surface area (Å²) in [5.74, 6) is 0. The van der Waals surface area contributed by atoms with Crippen LogP contribution in [-0.2, 0) is 4.74 Å². The Bertz CT molecular complexity index is 169. The minimum Gasteiger partial charge on any atom is -0.383 e. The molecular weight excluding hydrogens is 200 g/mol. The van der Waals surface area contributed by atoms with Gasteiger partial charge in [0, 0.05) is 32.3 Å². The average Bonchev–Trinajstić information content (AvgIpc) is 2.34. The highest BCUT2D eigenvalue weighted by Crippen LogP contribution is 2.11. The van der Waals surface area contributed by atoms with E-state index in [1.165, 1.54) is 38.8 Å². The second kappa shape index (κ2) is 8.04. The maximum atomic E-state index is 5.19. The lowest BCUT2D eigenvalue weighted by atomic mass is 10.0. The lowest BCUT2D eigenvalue weighted by Crippen LogP contribution is -2.47. The minimum atomic E-state index is 0.666. The Hall–Kier alpha value is -0.120. The summed E-state index contributed by atoms with van der Waals surface area (Å²) in [6, 6.07) is 1.36. The SMILES string of the molecule is CCC(C)N(CCOC)CC1CCCCN1. The summed E-state index contributed by atoms with van der Waals surface area (Å²) in [6.45, 7) is 8.86. The van der Waals surface area contributed by atoms with E-state index in [9.17, 15) is 0 Å². The van der Waals surface area contributed by atoms with Crippen LogP contribution in [0.1, 0.15) is 39.5 Å². The van der Waals surface area contributed by atoms with Gasteiger partial charge in [-0.1, -0.05) is 13.3 Å². The Balaban J connectivity index is 2.34. The number of rotatable bonds is 7. The topological polar surface area (TPSA) is 24.5 Å². The van der Waals surface area contributed by atoms with E-state index in [1.807, 2.05) is 0 Å². The van der Waals surface area contributed by atoms with E-state index in [4.69, 9.17) is 4.74 Å². The minimum absolute atomic E-state index is 0.666. The molecule has 3 heteroatoms. The van der Waals surface area contributed by atoms with Crippen molar-refractivity contribution in [2.45, 2.75) is 51.6 Å². The first-order valence-corrected chi connectivity index (χ1v) is 6.74. The van der Waals surface area contributed by atoms with Crippen molar-refractivity contribution in [1.29, 1.82) is 0 Å². The molecule has 0 radical (unpaired) electrons. The Morgan fingerprint density at radius 1 is 1.44 bits per heavy atom. The molecular formula is C13H28N2O. The van der Waals surface area contributed by atoms with Crippen molar-refractivity contribution in [1.82, 2.24) is 10.2 Å². The third kappa shape index (κ3) is 4.81. The van der Waals surface area contributed by atoms with E-state index in [0.29, 0.717) is 12.1 Å². The molecule has 0 aliphatic carbocycles. The second-order valence-corrected chi connectivity index (χ2v) is 4.89. The molecule has 3 nitrogen and oxygen atoms in total. The van der Waals surface area contributed by atoms with Crippen LogP contribution in [0.3, 0.4) is 0 Å².